The molecule has 0 unspecified atom stereocenters. The van der Waals surface area contributed by atoms with E-state index in [4.69, 9.17) is 21.4 Å². The van der Waals surface area contributed by atoms with Gasteiger partial charge in [-0.3, -0.25) is 0 Å². The minimum absolute atomic E-state index is 0.214. The number of hydrogen-bond donors (Lipinski definition) is 1. The molecule has 106 valence electrons. The highest BCUT2D eigenvalue weighted by Gasteiger charge is 2.29. The number of carbonyl (C=O) groups is 1. The molecule has 1 saturated heterocycles. The van der Waals surface area contributed by atoms with E-state index in [1.165, 1.54) is 0 Å². The van der Waals surface area contributed by atoms with Crippen LogP contribution in [0.15, 0.2) is 4.42 Å². The van der Waals surface area contributed by atoms with E-state index in [2.05, 4.69) is 10.2 Å². The van der Waals surface area contributed by atoms with Gasteiger partial charge in [-0.2, -0.15) is 0 Å². The number of rotatable bonds is 1. The van der Waals surface area contributed by atoms with Crippen molar-refractivity contribution in [2.75, 3.05) is 13.1 Å². The minimum Gasteiger partial charge on any atom is -0.444 e. The van der Waals surface area contributed by atoms with Gasteiger partial charge in [0.2, 0.25) is 5.89 Å². The highest BCUT2D eigenvalue weighted by Crippen LogP contribution is 2.27. The van der Waals surface area contributed by atoms with Gasteiger partial charge in [0.1, 0.15) is 5.60 Å². The molecule has 19 heavy (non-hydrogen) atoms. The van der Waals surface area contributed by atoms with Crippen molar-refractivity contribution in [2.45, 2.75) is 45.1 Å². The summed E-state index contributed by atoms with van der Waals surface area (Å²) in [6, 6.07) is 0. The molecule has 0 saturated carbocycles. The van der Waals surface area contributed by atoms with Gasteiger partial charge < -0.3 is 14.1 Å². The predicted octanol–water partition coefficient (Wildman–Crippen LogP) is 2.85. The molecule has 2 heterocycles. The average molecular weight is 285 g/mol. The maximum Gasteiger partial charge on any atom is 0.410 e. The first-order chi connectivity index (χ1) is 8.85. The fraction of sp³-hybridized carbons (Fsp3) is 0.750. The third-order valence-electron chi connectivity index (χ3n) is 2.95. The second kappa shape index (κ2) is 5.32. The molecule has 1 aliphatic heterocycles. The SMILES string of the molecule is CC(C)(C)OC(=O)N1CCC(c2n[nH]c(=S)o2)CC1. The Kier molecular flexibility index (Phi) is 3.93. The van der Waals surface area contributed by atoms with Crippen LogP contribution in [0.4, 0.5) is 4.79 Å². The Morgan fingerprint density at radius 2 is 2.11 bits per heavy atom. The summed E-state index contributed by atoms with van der Waals surface area (Å²) in [5.41, 5.74) is -0.456. The number of likely N-dealkylation sites (tertiary alicyclic amines) is 1. The quantitative estimate of drug-likeness (QED) is 0.803. The van der Waals surface area contributed by atoms with E-state index < -0.39 is 5.60 Å². The van der Waals surface area contributed by atoms with Crippen LogP contribution in [0, 0.1) is 4.84 Å². The second-order valence-corrected chi connectivity index (χ2v) is 6.06. The van der Waals surface area contributed by atoms with Crippen molar-refractivity contribution in [3.8, 4) is 0 Å². The van der Waals surface area contributed by atoms with E-state index in [0.717, 1.165) is 12.8 Å². The lowest BCUT2D eigenvalue weighted by Crippen LogP contribution is -2.41. The van der Waals surface area contributed by atoms with Crippen LogP contribution in [-0.4, -0.2) is 39.9 Å². The first-order valence-electron chi connectivity index (χ1n) is 6.38. The molecule has 1 aromatic heterocycles. The lowest BCUT2D eigenvalue weighted by atomic mass is 9.97. The average Bonchev–Trinajstić information content (AvgIpc) is 2.74. The van der Waals surface area contributed by atoms with Crippen LogP contribution < -0.4 is 0 Å². The molecule has 6 nitrogen and oxygen atoms in total. The molecule has 1 fully saturated rings. The third-order valence-corrected chi connectivity index (χ3v) is 3.13. The van der Waals surface area contributed by atoms with Gasteiger partial charge in [0, 0.05) is 19.0 Å². The number of nitrogens with one attached hydrogen (secondary N) is 1. The highest BCUT2D eigenvalue weighted by atomic mass is 32.1. The maximum atomic E-state index is 11.9. The largest absolute Gasteiger partial charge is 0.444 e. The minimum atomic E-state index is -0.456. The summed E-state index contributed by atoms with van der Waals surface area (Å²) < 4.78 is 10.7. The number of hydrogen-bond acceptors (Lipinski definition) is 5. The molecule has 7 heteroatoms. The summed E-state index contributed by atoms with van der Waals surface area (Å²) in [6.07, 6.45) is 1.36. The van der Waals surface area contributed by atoms with Crippen LogP contribution in [0.25, 0.3) is 0 Å². The van der Waals surface area contributed by atoms with Crippen molar-refractivity contribution >= 4 is 18.3 Å². The molecule has 0 spiro atoms. The van der Waals surface area contributed by atoms with Gasteiger partial charge in [-0.1, -0.05) is 0 Å². The Bertz CT molecular complexity index is 495. The molecular weight excluding hydrogens is 266 g/mol. The van der Waals surface area contributed by atoms with Crippen molar-refractivity contribution in [3.05, 3.63) is 10.7 Å². The van der Waals surface area contributed by atoms with Crippen molar-refractivity contribution < 1.29 is 13.9 Å². The summed E-state index contributed by atoms with van der Waals surface area (Å²) in [6.45, 7) is 6.89. The topological polar surface area (TPSA) is 71.4 Å². The molecule has 0 radical (unpaired) electrons. The Labute approximate surface area is 117 Å². The monoisotopic (exact) mass is 285 g/mol. The highest BCUT2D eigenvalue weighted by molar-refractivity contribution is 7.71. The number of aromatic amines is 1. The van der Waals surface area contributed by atoms with E-state index in [9.17, 15) is 4.79 Å². The van der Waals surface area contributed by atoms with Crippen molar-refractivity contribution in [1.82, 2.24) is 15.1 Å². The Hall–Kier alpha value is -1.37. The molecule has 1 aromatic rings. The van der Waals surface area contributed by atoms with Gasteiger partial charge in [-0.25, -0.2) is 9.89 Å². The first kappa shape index (κ1) is 14.0. The zero-order chi connectivity index (χ0) is 14.0. The molecular formula is C12H19N3O3S. The number of aromatic nitrogens is 2. The van der Waals surface area contributed by atoms with E-state index in [1.807, 2.05) is 20.8 Å². The number of nitrogens with zero attached hydrogens (tertiary/aromatic N) is 2. The predicted molar refractivity (Wildman–Crippen MR) is 71.5 cm³/mol. The van der Waals surface area contributed by atoms with Crippen molar-refractivity contribution in [2.24, 2.45) is 0 Å². The number of carbonyl (C=O) groups excluding carboxylic acids is 1. The van der Waals surface area contributed by atoms with Gasteiger partial charge in [-0.05, 0) is 45.8 Å². The first-order valence-corrected chi connectivity index (χ1v) is 6.79. The van der Waals surface area contributed by atoms with E-state index in [0.29, 0.717) is 23.8 Å². The summed E-state index contributed by atoms with van der Waals surface area (Å²) in [7, 11) is 0. The number of piperidine rings is 1. The number of amides is 1. The van der Waals surface area contributed by atoms with Gasteiger partial charge in [0.25, 0.3) is 4.84 Å². The van der Waals surface area contributed by atoms with Crippen LogP contribution >= 0.6 is 12.2 Å². The lowest BCUT2D eigenvalue weighted by molar-refractivity contribution is 0.0199. The molecule has 1 N–H and O–H groups in total. The molecule has 0 bridgehead atoms. The Morgan fingerprint density at radius 1 is 1.47 bits per heavy atom. The summed E-state index contributed by atoms with van der Waals surface area (Å²) in [5, 5.41) is 6.66. The second-order valence-electron chi connectivity index (χ2n) is 5.69. The fourth-order valence-corrected chi connectivity index (χ4v) is 2.18. The molecule has 1 aliphatic rings. The zero-order valence-corrected chi connectivity index (χ0v) is 12.2. The Morgan fingerprint density at radius 3 is 2.58 bits per heavy atom. The van der Waals surface area contributed by atoms with Gasteiger partial charge >= 0.3 is 6.09 Å². The maximum absolute atomic E-state index is 11.9. The fourth-order valence-electron chi connectivity index (χ4n) is 2.05. The van der Waals surface area contributed by atoms with Gasteiger partial charge in [0.15, 0.2) is 0 Å². The van der Waals surface area contributed by atoms with Crippen LogP contribution in [0.1, 0.15) is 45.4 Å². The lowest BCUT2D eigenvalue weighted by Gasteiger charge is -2.32. The number of ether oxygens (including phenoxy) is 1. The van der Waals surface area contributed by atoms with Gasteiger partial charge in [0.05, 0.1) is 0 Å². The van der Waals surface area contributed by atoms with Crippen LogP contribution in [-0.2, 0) is 4.74 Å². The summed E-state index contributed by atoms with van der Waals surface area (Å²) in [4.78, 5) is 13.9. The third kappa shape index (κ3) is 3.79. The normalized spacial score (nSPS) is 17.5. The van der Waals surface area contributed by atoms with E-state index in [-0.39, 0.29) is 12.0 Å². The zero-order valence-electron chi connectivity index (χ0n) is 11.4. The smallest absolute Gasteiger partial charge is 0.410 e. The molecule has 0 atom stereocenters. The molecule has 0 aliphatic carbocycles. The van der Waals surface area contributed by atoms with Crippen molar-refractivity contribution in [1.29, 1.82) is 0 Å². The Balaban J connectivity index is 1.89. The molecule has 1 amide bonds. The van der Waals surface area contributed by atoms with Crippen LogP contribution in [0.2, 0.25) is 0 Å². The van der Waals surface area contributed by atoms with Crippen LogP contribution in [0.3, 0.4) is 0 Å². The van der Waals surface area contributed by atoms with Crippen LogP contribution in [0.5, 0.6) is 0 Å². The van der Waals surface area contributed by atoms with Gasteiger partial charge in [-0.15, -0.1) is 5.10 Å². The molecule has 2 rings (SSSR count). The molecule has 0 aromatic carbocycles. The number of H-pyrrole nitrogens is 1. The van der Waals surface area contributed by atoms with E-state index in [1.54, 1.807) is 4.90 Å². The summed E-state index contributed by atoms with van der Waals surface area (Å²) in [5.74, 6) is 0.848. The standard InChI is InChI=1S/C12H19N3O3S/c1-12(2,3)18-11(16)15-6-4-8(5-7-15)9-13-14-10(19)17-9/h8H,4-7H2,1-3H3,(H,14,19). The van der Waals surface area contributed by atoms with Crippen molar-refractivity contribution in [3.63, 3.8) is 0 Å². The summed E-state index contributed by atoms with van der Waals surface area (Å²) >= 11 is 4.86. The van der Waals surface area contributed by atoms with E-state index >= 15 is 0 Å².